The van der Waals surface area contributed by atoms with Crippen molar-refractivity contribution in [3.05, 3.63) is 0 Å². The second-order valence-electron chi connectivity index (χ2n) is 5.88. The summed E-state index contributed by atoms with van der Waals surface area (Å²) in [6, 6.07) is -0.280. The first-order valence-corrected chi connectivity index (χ1v) is 7.28. The van der Waals surface area contributed by atoms with Crippen molar-refractivity contribution in [3.8, 4) is 0 Å². The van der Waals surface area contributed by atoms with Gasteiger partial charge in [0.05, 0.1) is 31.2 Å². The van der Waals surface area contributed by atoms with E-state index in [0.29, 0.717) is 32.9 Å². The summed E-state index contributed by atoms with van der Waals surface area (Å²) in [4.78, 5) is 26.2. The van der Waals surface area contributed by atoms with E-state index in [2.05, 4.69) is 0 Å². The Morgan fingerprint density at radius 3 is 2.85 bits per heavy atom. The fraction of sp³-hybridized carbons (Fsp3) is 0.857. The Morgan fingerprint density at radius 2 is 2.25 bits per heavy atom. The summed E-state index contributed by atoms with van der Waals surface area (Å²) in [7, 11) is 0. The standard InChI is InChI=1S/C14H24N2O4/c1-3-20-12(17)10-5-4-6-16(7-10)13(18)14(2)9-19-8-11(14)15/h10-11H,3-9,15H2,1-2H3. The van der Waals surface area contributed by atoms with Crippen molar-refractivity contribution < 1.29 is 19.1 Å². The lowest BCUT2D eigenvalue weighted by molar-refractivity contribution is -0.153. The molecule has 0 saturated carbocycles. The highest BCUT2D eigenvalue weighted by Gasteiger charge is 2.47. The number of carbonyl (C=O) groups excluding carboxylic acids is 2. The first kappa shape index (κ1) is 15.3. The summed E-state index contributed by atoms with van der Waals surface area (Å²) >= 11 is 0. The molecule has 3 atom stereocenters. The topological polar surface area (TPSA) is 81.9 Å². The van der Waals surface area contributed by atoms with Crippen molar-refractivity contribution in [3.63, 3.8) is 0 Å². The fourth-order valence-corrected chi connectivity index (χ4v) is 2.88. The Balaban J connectivity index is 2.01. The lowest BCUT2D eigenvalue weighted by Crippen LogP contribution is -2.54. The van der Waals surface area contributed by atoms with Gasteiger partial charge in [-0.05, 0) is 26.7 Å². The van der Waals surface area contributed by atoms with Gasteiger partial charge in [0.15, 0.2) is 0 Å². The molecule has 0 aromatic rings. The van der Waals surface area contributed by atoms with Crippen molar-refractivity contribution >= 4 is 11.9 Å². The normalized spacial score (nSPS) is 34.0. The van der Waals surface area contributed by atoms with E-state index >= 15 is 0 Å². The van der Waals surface area contributed by atoms with Crippen molar-refractivity contribution in [2.45, 2.75) is 32.7 Å². The average Bonchev–Trinajstić information content (AvgIpc) is 2.79. The van der Waals surface area contributed by atoms with Gasteiger partial charge in [-0.1, -0.05) is 0 Å². The Hall–Kier alpha value is -1.14. The highest BCUT2D eigenvalue weighted by atomic mass is 16.5. The highest BCUT2D eigenvalue weighted by Crippen LogP contribution is 2.31. The van der Waals surface area contributed by atoms with Crippen LogP contribution in [0.25, 0.3) is 0 Å². The van der Waals surface area contributed by atoms with E-state index in [9.17, 15) is 9.59 Å². The summed E-state index contributed by atoms with van der Waals surface area (Å²) < 4.78 is 10.4. The molecule has 3 unspecified atom stereocenters. The Kier molecular flexibility index (Phi) is 4.65. The number of ether oxygens (including phenoxy) is 2. The third-order valence-corrected chi connectivity index (χ3v) is 4.33. The van der Waals surface area contributed by atoms with Gasteiger partial charge in [-0.15, -0.1) is 0 Å². The molecule has 2 N–H and O–H groups in total. The van der Waals surface area contributed by atoms with E-state index in [1.165, 1.54) is 0 Å². The smallest absolute Gasteiger partial charge is 0.310 e. The maximum absolute atomic E-state index is 12.7. The number of hydrogen-bond donors (Lipinski definition) is 1. The molecule has 0 aromatic carbocycles. The monoisotopic (exact) mass is 284 g/mol. The first-order chi connectivity index (χ1) is 9.49. The van der Waals surface area contributed by atoms with E-state index in [4.69, 9.17) is 15.2 Å². The molecule has 2 rings (SSSR count). The predicted octanol–water partition coefficient (Wildman–Crippen LogP) is 0.152. The molecule has 2 heterocycles. The lowest BCUT2D eigenvalue weighted by atomic mass is 9.83. The zero-order valence-electron chi connectivity index (χ0n) is 12.3. The Labute approximate surface area is 119 Å². The van der Waals surface area contributed by atoms with E-state index in [1.807, 2.05) is 6.92 Å². The number of piperidine rings is 1. The number of rotatable bonds is 3. The second-order valence-corrected chi connectivity index (χ2v) is 5.88. The van der Waals surface area contributed by atoms with Gasteiger partial charge in [0.25, 0.3) is 0 Å². The van der Waals surface area contributed by atoms with Gasteiger partial charge in [0, 0.05) is 19.1 Å². The number of nitrogens with two attached hydrogens (primary N) is 1. The Morgan fingerprint density at radius 1 is 1.50 bits per heavy atom. The van der Waals surface area contributed by atoms with E-state index in [-0.39, 0.29) is 23.8 Å². The summed E-state index contributed by atoms with van der Waals surface area (Å²) in [6.07, 6.45) is 1.60. The molecule has 6 heteroatoms. The van der Waals surface area contributed by atoms with Crippen LogP contribution in [0.3, 0.4) is 0 Å². The van der Waals surface area contributed by atoms with E-state index in [1.54, 1.807) is 11.8 Å². The quantitative estimate of drug-likeness (QED) is 0.746. The van der Waals surface area contributed by atoms with Gasteiger partial charge in [-0.2, -0.15) is 0 Å². The minimum Gasteiger partial charge on any atom is -0.466 e. The molecule has 0 radical (unpaired) electrons. The number of hydrogen-bond acceptors (Lipinski definition) is 5. The van der Waals surface area contributed by atoms with Gasteiger partial charge in [-0.3, -0.25) is 9.59 Å². The lowest BCUT2D eigenvalue weighted by Gasteiger charge is -2.37. The van der Waals surface area contributed by atoms with Crippen molar-refractivity contribution in [2.75, 3.05) is 32.9 Å². The second kappa shape index (κ2) is 6.10. The van der Waals surface area contributed by atoms with E-state index < -0.39 is 5.41 Å². The van der Waals surface area contributed by atoms with Gasteiger partial charge < -0.3 is 20.1 Å². The molecule has 20 heavy (non-hydrogen) atoms. The van der Waals surface area contributed by atoms with Gasteiger partial charge in [0.1, 0.15) is 0 Å². The summed E-state index contributed by atoms with van der Waals surface area (Å²) in [5.74, 6) is -0.423. The zero-order valence-corrected chi connectivity index (χ0v) is 12.3. The molecule has 1 amide bonds. The number of carbonyl (C=O) groups is 2. The minimum absolute atomic E-state index is 0.00324. The van der Waals surface area contributed by atoms with Crippen LogP contribution in [0.2, 0.25) is 0 Å². The van der Waals surface area contributed by atoms with Gasteiger partial charge in [0.2, 0.25) is 5.91 Å². The Bertz CT molecular complexity index is 387. The number of nitrogens with zero attached hydrogens (tertiary/aromatic N) is 1. The van der Waals surface area contributed by atoms with E-state index in [0.717, 1.165) is 12.8 Å². The minimum atomic E-state index is -0.670. The number of esters is 1. The molecule has 6 nitrogen and oxygen atoms in total. The van der Waals surface area contributed by atoms with Crippen LogP contribution in [0.1, 0.15) is 26.7 Å². The van der Waals surface area contributed by atoms with Crippen LogP contribution in [0.4, 0.5) is 0 Å². The number of likely N-dealkylation sites (tertiary alicyclic amines) is 1. The summed E-state index contributed by atoms with van der Waals surface area (Å²) in [6.45, 7) is 5.89. The molecule has 0 aliphatic carbocycles. The van der Waals surface area contributed by atoms with Crippen LogP contribution in [0, 0.1) is 11.3 Å². The van der Waals surface area contributed by atoms with Crippen LogP contribution in [0.5, 0.6) is 0 Å². The highest BCUT2D eigenvalue weighted by molar-refractivity contribution is 5.84. The summed E-state index contributed by atoms with van der Waals surface area (Å²) in [5, 5.41) is 0. The molecule has 0 spiro atoms. The SMILES string of the molecule is CCOC(=O)C1CCCN(C(=O)C2(C)COCC2N)C1. The molecular weight excluding hydrogens is 260 g/mol. The van der Waals surface area contributed by atoms with Crippen molar-refractivity contribution in [1.82, 2.24) is 4.90 Å². The molecule has 2 saturated heterocycles. The average molecular weight is 284 g/mol. The fourth-order valence-electron chi connectivity index (χ4n) is 2.88. The zero-order chi connectivity index (χ0) is 14.8. The molecule has 0 aromatic heterocycles. The molecule has 2 aliphatic rings. The molecule has 0 bridgehead atoms. The van der Waals surface area contributed by atoms with Crippen LogP contribution in [-0.2, 0) is 19.1 Å². The largest absolute Gasteiger partial charge is 0.466 e. The molecular formula is C14H24N2O4. The molecule has 2 aliphatic heterocycles. The molecule has 2 fully saturated rings. The molecule has 114 valence electrons. The van der Waals surface area contributed by atoms with Crippen LogP contribution in [-0.4, -0.2) is 55.7 Å². The summed E-state index contributed by atoms with van der Waals surface area (Å²) in [5.41, 5.74) is 5.33. The maximum atomic E-state index is 12.7. The predicted molar refractivity (Wildman–Crippen MR) is 72.8 cm³/mol. The van der Waals surface area contributed by atoms with Crippen molar-refractivity contribution in [1.29, 1.82) is 0 Å². The van der Waals surface area contributed by atoms with Crippen LogP contribution >= 0.6 is 0 Å². The third-order valence-electron chi connectivity index (χ3n) is 4.33. The van der Waals surface area contributed by atoms with Gasteiger partial charge in [-0.25, -0.2) is 0 Å². The van der Waals surface area contributed by atoms with Crippen LogP contribution in [0.15, 0.2) is 0 Å². The van der Waals surface area contributed by atoms with Crippen molar-refractivity contribution in [2.24, 2.45) is 17.1 Å². The van der Waals surface area contributed by atoms with Crippen LogP contribution < -0.4 is 5.73 Å². The first-order valence-electron chi connectivity index (χ1n) is 7.28. The third kappa shape index (κ3) is 2.81. The maximum Gasteiger partial charge on any atom is 0.310 e. The number of amides is 1. The van der Waals surface area contributed by atoms with Gasteiger partial charge >= 0.3 is 5.97 Å².